The molecule has 0 aliphatic heterocycles. The Hall–Kier alpha value is -2.67. The average Bonchev–Trinajstić information content (AvgIpc) is 2.92. The highest BCUT2D eigenvalue weighted by Gasteiger charge is 2.21. The molecule has 2 heterocycles. The lowest BCUT2D eigenvalue weighted by Crippen LogP contribution is -2.08. The second kappa shape index (κ2) is 7.29. The van der Waals surface area contributed by atoms with E-state index in [1.54, 1.807) is 6.92 Å². The fraction of sp³-hybridized carbons (Fsp3) is 0.316. The normalized spacial score (nSPS) is 10.8. The lowest BCUT2D eigenvalue weighted by molar-refractivity contribution is 0.0531. The molecule has 0 fully saturated rings. The molecule has 0 aliphatic carbocycles. The fourth-order valence-corrected chi connectivity index (χ4v) is 3.83. The first-order valence-corrected chi connectivity index (χ1v) is 9.21. The number of hydrogen-bond acceptors (Lipinski definition) is 7. The molecule has 3 rings (SSSR count). The fourth-order valence-electron chi connectivity index (χ4n) is 2.71. The van der Waals surface area contributed by atoms with Crippen molar-refractivity contribution in [2.45, 2.75) is 20.8 Å². The second-order valence-electron chi connectivity index (χ2n) is 6.14. The first-order chi connectivity index (χ1) is 12.4. The molecule has 136 valence electrons. The Bertz CT molecular complexity index is 948. The van der Waals surface area contributed by atoms with Crippen molar-refractivity contribution in [2.75, 3.05) is 30.9 Å². The predicted octanol–water partition coefficient (Wildman–Crippen LogP) is 4.29. The van der Waals surface area contributed by atoms with Crippen LogP contribution in [0.4, 0.5) is 17.2 Å². The number of carbonyl (C=O) groups excluding carboxylic acids is 1. The van der Waals surface area contributed by atoms with Crippen molar-refractivity contribution in [3.8, 4) is 0 Å². The van der Waals surface area contributed by atoms with Crippen LogP contribution in [0, 0.1) is 13.8 Å². The zero-order valence-corrected chi connectivity index (χ0v) is 16.4. The number of benzene rings is 1. The molecule has 1 N–H and O–H groups in total. The summed E-state index contributed by atoms with van der Waals surface area (Å²) >= 11 is 1.34. The Balaban J connectivity index is 2.03. The van der Waals surface area contributed by atoms with E-state index < -0.39 is 0 Å². The minimum absolute atomic E-state index is 0.313. The maximum Gasteiger partial charge on any atom is 0.348 e. The third-order valence-corrected chi connectivity index (χ3v) is 5.17. The lowest BCUT2D eigenvalue weighted by Gasteiger charge is -2.13. The van der Waals surface area contributed by atoms with Gasteiger partial charge in [0.2, 0.25) is 0 Å². The Kier molecular flexibility index (Phi) is 5.08. The highest BCUT2D eigenvalue weighted by molar-refractivity contribution is 7.20. The van der Waals surface area contributed by atoms with E-state index >= 15 is 0 Å². The van der Waals surface area contributed by atoms with Gasteiger partial charge in [0, 0.05) is 25.5 Å². The van der Waals surface area contributed by atoms with Gasteiger partial charge in [-0.05, 0) is 50.6 Å². The first kappa shape index (κ1) is 18.1. The van der Waals surface area contributed by atoms with Gasteiger partial charge in [0.15, 0.2) is 0 Å². The zero-order chi connectivity index (χ0) is 18.8. The Morgan fingerprint density at radius 2 is 1.88 bits per heavy atom. The number of rotatable bonds is 5. The molecule has 0 radical (unpaired) electrons. The number of thiophene rings is 1. The summed E-state index contributed by atoms with van der Waals surface area (Å²) in [7, 11) is 4.01. The van der Waals surface area contributed by atoms with Crippen LogP contribution in [0.25, 0.3) is 10.2 Å². The molecule has 26 heavy (non-hydrogen) atoms. The van der Waals surface area contributed by atoms with Gasteiger partial charge in [-0.3, -0.25) is 0 Å². The molecular formula is C19H22N4O2S. The van der Waals surface area contributed by atoms with Crippen LogP contribution >= 0.6 is 11.3 Å². The summed E-state index contributed by atoms with van der Waals surface area (Å²) in [4.78, 5) is 24.7. The number of carbonyl (C=O) groups is 1. The number of hydrogen-bond donors (Lipinski definition) is 1. The van der Waals surface area contributed by atoms with E-state index in [1.165, 1.54) is 11.3 Å². The number of aromatic nitrogens is 2. The van der Waals surface area contributed by atoms with Crippen molar-refractivity contribution >= 4 is 44.7 Å². The summed E-state index contributed by atoms with van der Waals surface area (Å²) in [6, 6.07) is 8.09. The molecule has 0 unspecified atom stereocenters. The second-order valence-corrected chi connectivity index (χ2v) is 7.14. The highest BCUT2D eigenvalue weighted by atomic mass is 32.1. The number of nitrogens with one attached hydrogen (secondary N) is 1. The van der Waals surface area contributed by atoms with E-state index in [0.29, 0.717) is 23.1 Å². The smallest absolute Gasteiger partial charge is 0.348 e. The standard InChI is InChI=1S/C19H22N4O2S/c1-6-25-19(24)16-11(2)15-17(20-12(3)21-18(15)26-16)22-13-7-9-14(10-8-13)23(4)5/h7-10H,6H2,1-5H3,(H,20,21,22). The Morgan fingerprint density at radius 3 is 2.50 bits per heavy atom. The van der Waals surface area contributed by atoms with Crippen molar-refractivity contribution in [1.29, 1.82) is 0 Å². The van der Waals surface area contributed by atoms with Gasteiger partial charge in [-0.2, -0.15) is 0 Å². The molecule has 0 saturated carbocycles. The van der Waals surface area contributed by atoms with Gasteiger partial charge in [0.25, 0.3) is 0 Å². The number of ether oxygens (including phenoxy) is 1. The van der Waals surface area contributed by atoms with Crippen LogP contribution in [-0.4, -0.2) is 36.6 Å². The third kappa shape index (κ3) is 3.48. The summed E-state index contributed by atoms with van der Waals surface area (Å²) < 4.78 is 5.16. The van der Waals surface area contributed by atoms with Gasteiger partial charge in [-0.25, -0.2) is 14.8 Å². The van der Waals surface area contributed by atoms with Crippen LogP contribution in [-0.2, 0) is 4.74 Å². The molecule has 0 bridgehead atoms. The average molecular weight is 370 g/mol. The van der Waals surface area contributed by atoms with Crippen molar-refractivity contribution in [2.24, 2.45) is 0 Å². The van der Waals surface area contributed by atoms with Crippen molar-refractivity contribution < 1.29 is 9.53 Å². The maximum absolute atomic E-state index is 12.2. The monoisotopic (exact) mass is 370 g/mol. The van der Waals surface area contributed by atoms with E-state index in [1.807, 2.05) is 57.1 Å². The Labute approximate surface area is 156 Å². The van der Waals surface area contributed by atoms with Crippen LogP contribution in [0.5, 0.6) is 0 Å². The van der Waals surface area contributed by atoms with Crippen molar-refractivity contribution in [3.05, 3.63) is 40.5 Å². The first-order valence-electron chi connectivity index (χ1n) is 8.40. The van der Waals surface area contributed by atoms with Crippen LogP contribution < -0.4 is 10.2 Å². The van der Waals surface area contributed by atoms with Gasteiger partial charge in [0.1, 0.15) is 21.3 Å². The molecule has 0 atom stereocenters. The zero-order valence-electron chi connectivity index (χ0n) is 15.6. The van der Waals surface area contributed by atoms with E-state index in [4.69, 9.17) is 4.74 Å². The summed E-state index contributed by atoms with van der Waals surface area (Å²) in [6.07, 6.45) is 0. The number of esters is 1. The van der Waals surface area contributed by atoms with Crippen molar-refractivity contribution in [3.63, 3.8) is 0 Å². The van der Waals surface area contributed by atoms with Gasteiger partial charge < -0.3 is 15.0 Å². The van der Waals surface area contributed by atoms with E-state index in [-0.39, 0.29) is 5.97 Å². The summed E-state index contributed by atoms with van der Waals surface area (Å²) in [5.74, 6) is 1.04. The molecule has 0 spiro atoms. The molecule has 0 aliphatic rings. The number of aryl methyl sites for hydroxylation is 2. The van der Waals surface area contributed by atoms with Gasteiger partial charge >= 0.3 is 5.97 Å². The van der Waals surface area contributed by atoms with E-state index in [0.717, 1.165) is 27.2 Å². The van der Waals surface area contributed by atoms with Crippen LogP contribution in [0.2, 0.25) is 0 Å². The third-order valence-electron chi connectivity index (χ3n) is 4.01. The van der Waals surface area contributed by atoms with Gasteiger partial charge in [-0.15, -0.1) is 11.3 Å². The lowest BCUT2D eigenvalue weighted by atomic mass is 10.2. The molecular weight excluding hydrogens is 348 g/mol. The van der Waals surface area contributed by atoms with Gasteiger partial charge in [0.05, 0.1) is 12.0 Å². The largest absolute Gasteiger partial charge is 0.462 e. The minimum Gasteiger partial charge on any atom is -0.462 e. The highest BCUT2D eigenvalue weighted by Crippen LogP contribution is 2.35. The van der Waals surface area contributed by atoms with Gasteiger partial charge in [-0.1, -0.05) is 0 Å². The number of fused-ring (bicyclic) bond motifs is 1. The molecule has 2 aromatic heterocycles. The maximum atomic E-state index is 12.2. The summed E-state index contributed by atoms with van der Waals surface area (Å²) in [6.45, 7) is 5.90. The number of anilines is 3. The number of nitrogens with zero attached hydrogens (tertiary/aromatic N) is 3. The molecule has 6 nitrogen and oxygen atoms in total. The summed E-state index contributed by atoms with van der Waals surface area (Å²) in [5, 5.41) is 4.23. The topological polar surface area (TPSA) is 67.3 Å². The van der Waals surface area contributed by atoms with Crippen LogP contribution in [0.3, 0.4) is 0 Å². The molecule has 3 aromatic rings. The van der Waals surface area contributed by atoms with E-state index in [2.05, 4.69) is 15.3 Å². The molecule has 0 amide bonds. The van der Waals surface area contributed by atoms with E-state index in [9.17, 15) is 4.79 Å². The Morgan fingerprint density at radius 1 is 1.19 bits per heavy atom. The van der Waals surface area contributed by atoms with Crippen molar-refractivity contribution in [1.82, 2.24) is 9.97 Å². The quantitative estimate of drug-likeness (QED) is 0.676. The minimum atomic E-state index is -0.313. The van der Waals surface area contributed by atoms with Crippen LogP contribution in [0.15, 0.2) is 24.3 Å². The predicted molar refractivity (Wildman–Crippen MR) is 107 cm³/mol. The molecule has 0 saturated heterocycles. The SMILES string of the molecule is CCOC(=O)c1sc2nc(C)nc(Nc3ccc(N(C)C)cc3)c2c1C. The molecule has 7 heteroatoms. The molecule has 1 aromatic carbocycles. The summed E-state index contributed by atoms with van der Waals surface area (Å²) in [5.41, 5.74) is 2.89. The van der Waals surface area contributed by atoms with Crippen LogP contribution in [0.1, 0.15) is 28.0 Å².